The van der Waals surface area contributed by atoms with Crippen LogP contribution in [-0.2, 0) is 4.74 Å². The Morgan fingerprint density at radius 2 is 2.05 bits per heavy atom. The van der Waals surface area contributed by atoms with Crippen LogP contribution in [0.15, 0.2) is 5.29 Å². The molecule has 0 bridgehead atoms. The maximum absolute atomic E-state index is 11.6. The first kappa shape index (κ1) is 19.0. The third-order valence-electron chi connectivity index (χ3n) is 3.15. The fourth-order valence-corrected chi connectivity index (χ4v) is 2.07. The fraction of sp³-hybridized carbons (Fsp3) is 0.900. The molecule has 0 aromatic carbocycles. The number of carbonyl (C=O) groups excluding carboxylic acids is 1. The number of nitrogens with zero attached hydrogens (tertiary/aromatic N) is 2. The zero-order chi connectivity index (χ0) is 17.1. The molecule has 128 valence electrons. The van der Waals surface area contributed by atoms with Crippen LogP contribution in [0.5, 0.6) is 0 Å². The number of urea groups is 1. The van der Waals surface area contributed by atoms with E-state index in [1.807, 2.05) is 5.32 Å². The molecule has 1 aliphatic rings. The Kier molecular flexibility index (Phi) is 6.43. The molecule has 0 aliphatic carbocycles. The number of amides is 2. The number of ether oxygens (including phenoxy) is 1. The van der Waals surface area contributed by atoms with Crippen LogP contribution in [0.4, 0.5) is 4.79 Å². The van der Waals surface area contributed by atoms with Gasteiger partial charge in [-0.05, 0) is 6.92 Å². The number of hydrogen-bond acceptors (Lipinski definition) is 9. The van der Waals surface area contributed by atoms with Crippen molar-refractivity contribution in [1.82, 2.24) is 10.3 Å². The van der Waals surface area contributed by atoms with E-state index in [0.29, 0.717) is 5.01 Å². The molecule has 1 fully saturated rings. The SMILES string of the molecule is C[C@@]1(O)O[C@H](C(O)NC(=O)N(CCCl)N=O)[C@@H](O)[C@H](O)[C@H]1O. The third kappa shape index (κ3) is 4.01. The summed E-state index contributed by atoms with van der Waals surface area (Å²) in [6, 6.07) is -1.13. The Morgan fingerprint density at radius 3 is 2.55 bits per heavy atom. The van der Waals surface area contributed by atoms with Crippen LogP contribution < -0.4 is 5.32 Å². The van der Waals surface area contributed by atoms with Gasteiger partial charge in [-0.3, -0.25) is 0 Å². The number of aliphatic hydroxyl groups excluding tert-OH is 4. The topological polar surface area (TPSA) is 172 Å². The molecule has 0 aromatic heterocycles. The molecule has 0 spiro atoms. The highest BCUT2D eigenvalue weighted by Crippen LogP contribution is 2.28. The number of nitrogens with one attached hydrogen (secondary N) is 1. The zero-order valence-corrected chi connectivity index (χ0v) is 12.3. The van der Waals surface area contributed by atoms with E-state index in [1.54, 1.807) is 0 Å². The molecule has 1 rings (SSSR count). The van der Waals surface area contributed by atoms with Gasteiger partial charge in [-0.1, -0.05) is 0 Å². The Hall–Kier alpha value is -1.08. The molecule has 0 radical (unpaired) electrons. The van der Waals surface area contributed by atoms with Gasteiger partial charge < -0.3 is 35.6 Å². The summed E-state index contributed by atoms with van der Waals surface area (Å²) in [6.45, 7) is 0.776. The summed E-state index contributed by atoms with van der Waals surface area (Å²) in [6.07, 6.45) is -9.04. The van der Waals surface area contributed by atoms with Gasteiger partial charge in [-0.2, -0.15) is 5.01 Å². The van der Waals surface area contributed by atoms with Gasteiger partial charge in [0.05, 0.1) is 11.8 Å². The molecule has 11 nitrogen and oxygen atoms in total. The molecule has 6 N–H and O–H groups in total. The smallest absolute Gasteiger partial charge is 0.342 e. The lowest BCUT2D eigenvalue weighted by Crippen LogP contribution is -2.67. The highest BCUT2D eigenvalue weighted by atomic mass is 35.5. The maximum Gasteiger partial charge on any atom is 0.342 e. The predicted octanol–water partition coefficient (Wildman–Crippen LogP) is -2.57. The molecule has 0 saturated carbocycles. The van der Waals surface area contributed by atoms with Crippen LogP contribution in [0.3, 0.4) is 0 Å². The third-order valence-corrected chi connectivity index (χ3v) is 3.31. The number of rotatable bonds is 5. The minimum absolute atomic E-state index is 0.0859. The van der Waals surface area contributed by atoms with E-state index in [2.05, 4.69) is 5.29 Å². The van der Waals surface area contributed by atoms with Gasteiger partial charge in [0, 0.05) is 5.88 Å². The van der Waals surface area contributed by atoms with Crippen molar-refractivity contribution in [1.29, 1.82) is 0 Å². The van der Waals surface area contributed by atoms with Crippen LogP contribution in [0, 0.1) is 4.91 Å². The Bertz CT molecular complexity index is 412. The second-order valence-corrected chi connectivity index (χ2v) is 5.23. The summed E-state index contributed by atoms with van der Waals surface area (Å²) in [5, 5.41) is 53.1. The molecular weight excluding hydrogens is 326 g/mol. The van der Waals surface area contributed by atoms with E-state index < -0.39 is 42.5 Å². The van der Waals surface area contributed by atoms with Gasteiger partial charge in [0.15, 0.2) is 12.0 Å². The number of alkyl halides is 1. The molecule has 12 heteroatoms. The molecular formula is C10H18ClN3O8. The lowest BCUT2D eigenvalue weighted by molar-refractivity contribution is -0.350. The number of halogens is 1. The Balaban J connectivity index is 2.77. The van der Waals surface area contributed by atoms with Gasteiger partial charge in [-0.25, -0.2) is 4.79 Å². The largest absolute Gasteiger partial charge is 0.387 e. The standard InChI is InChI=1S/C10H18ClN3O8/c1-10(20)7(17)5(16)4(15)6(22-10)8(18)12-9(19)14(13-21)3-2-11/h4-8,15-18,20H,2-3H2,1H3,(H,12,19)/t4-,5-,6-,7+,8?,10+/m0/s1. The van der Waals surface area contributed by atoms with E-state index in [4.69, 9.17) is 16.3 Å². The molecule has 22 heavy (non-hydrogen) atoms. The first-order valence-corrected chi connectivity index (χ1v) is 6.79. The van der Waals surface area contributed by atoms with Crippen molar-refractivity contribution in [3.63, 3.8) is 0 Å². The Morgan fingerprint density at radius 1 is 1.45 bits per heavy atom. The van der Waals surface area contributed by atoms with Crippen LogP contribution in [0.1, 0.15) is 6.92 Å². The average molecular weight is 344 g/mol. The normalized spacial score (nSPS) is 36.5. The summed E-state index contributed by atoms with van der Waals surface area (Å²) in [7, 11) is 0. The van der Waals surface area contributed by atoms with Crippen LogP contribution >= 0.6 is 11.6 Å². The maximum atomic E-state index is 11.6. The minimum atomic E-state index is -2.27. The van der Waals surface area contributed by atoms with Crippen molar-refractivity contribution in [3.8, 4) is 0 Å². The molecule has 1 saturated heterocycles. The second-order valence-electron chi connectivity index (χ2n) is 4.85. The fourth-order valence-electron chi connectivity index (χ4n) is 1.91. The zero-order valence-electron chi connectivity index (χ0n) is 11.5. The van der Waals surface area contributed by atoms with Gasteiger partial charge in [0.25, 0.3) is 0 Å². The minimum Gasteiger partial charge on any atom is -0.387 e. The van der Waals surface area contributed by atoms with Crippen molar-refractivity contribution >= 4 is 17.6 Å². The summed E-state index contributed by atoms with van der Waals surface area (Å²) in [4.78, 5) is 22.1. The molecule has 1 aliphatic heterocycles. The quantitative estimate of drug-likeness (QED) is 0.137. The average Bonchev–Trinajstić information content (AvgIpc) is 2.46. The summed E-state index contributed by atoms with van der Waals surface area (Å²) >= 11 is 5.36. The van der Waals surface area contributed by atoms with Gasteiger partial charge in [-0.15, -0.1) is 16.5 Å². The van der Waals surface area contributed by atoms with Gasteiger partial charge >= 0.3 is 6.03 Å². The summed E-state index contributed by atoms with van der Waals surface area (Å²) < 4.78 is 4.88. The first-order chi connectivity index (χ1) is 10.2. The van der Waals surface area contributed by atoms with E-state index in [0.717, 1.165) is 6.92 Å². The van der Waals surface area contributed by atoms with Crippen molar-refractivity contribution < 1.29 is 35.1 Å². The van der Waals surface area contributed by atoms with Gasteiger partial charge in [0.2, 0.25) is 0 Å². The molecule has 1 heterocycles. The molecule has 0 aromatic rings. The van der Waals surface area contributed by atoms with E-state index in [9.17, 15) is 35.2 Å². The van der Waals surface area contributed by atoms with Crippen molar-refractivity contribution in [2.75, 3.05) is 12.4 Å². The Labute approximate surface area is 130 Å². The van der Waals surface area contributed by atoms with E-state index in [-0.39, 0.29) is 12.4 Å². The van der Waals surface area contributed by atoms with E-state index in [1.165, 1.54) is 0 Å². The van der Waals surface area contributed by atoms with Crippen LogP contribution in [0.2, 0.25) is 0 Å². The van der Waals surface area contributed by atoms with E-state index >= 15 is 0 Å². The number of aliphatic hydroxyl groups is 5. The van der Waals surface area contributed by atoms with Crippen LogP contribution in [0.25, 0.3) is 0 Å². The lowest BCUT2D eigenvalue weighted by Gasteiger charge is -2.45. The van der Waals surface area contributed by atoms with Gasteiger partial charge in [0.1, 0.15) is 24.4 Å². The number of carbonyl (C=O) groups is 1. The highest BCUT2D eigenvalue weighted by molar-refractivity contribution is 6.18. The molecule has 2 amide bonds. The number of nitroso groups, excluding NO2 is 1. The van der Waals surface area contributed by atoms with Crippen molar-refractivity contribution in [2.24, 2.45) is 5.29 Å². The monoisotopic (exact) mass is 343 g/mol. The first-order valence-electron chi connectivity index (χ1n) is 6.25. The second kappa shape index (κ2) is 7.46. The highest BCUT2D eigenvalue weighted by Gasteiger charge is 2.52. The van der Waals surface area contributed by atoms with Crippen LogP contribution in [-0.4, -0.2) is 85.4 Å². The summed E-state index contributed by atoms with van der Waals surface area (Å²) in [5.74, 6) is -2.36. The lowest BCUT2D eigenvalue weighted by atomic mass is 9.92. The summed E-state index contributed by atoms with van der Waals surface area (Å²) in [5.41, 5.74) is 0. The van der Waals surface area contributed by atoms with Crippen molar-refractivity contribution in [2.45, 2.75) is 43.4 Å². The number of hydrogen-bond donors (Lipinski definition) is 6. The predicted molar refractivity (Wildman–Crippen MR) is 71.3 cm³/mol. The van der Waals surface area contributed by atoms with Crippen molar-refractivity contribution in [3.05, 3.63) is 4.91 Å². The molecule has 1 unspecified atom stereocenters. The molecule has 6 atom stereocenters.